The fourth-order valence-corrected chi connectivity index (χ4v) is 3.15. The third-order valence-corrected chi connectivity index (χ3v) is 4.24. The van der Waals surface area contributed by atoms with Gasteiger partial charge in [0.1, 0.15) is 0 Å². The molecule has 6 heteroatoms. The van der Waals surface area contributed by atoms with Gasteiger partial charge >= 0.3 is 0 Å². The van der Waals surface area contributed by atoms with Crippen LogP contribution < -0.4 is 10.9 Å². The molecular weight excluding hydrogens is 298 g/mol. The average molecular weight is 315 g/mol. The normalized spacial score (nSPS) is 17.0. The summed E-state index contributed by atoms with van der Waals surface area (Å²) in [7, 11) is 0. The standard InChI is InChI=1S/C16H17N3O2S/c1-2-9-19-15(21)12(14(20)18-16(19)22)13-11-6-4-3-5-10(11)7-8-17-13/h2-6,13,17,21H,1,7-9H2,(H,18,20,22). The molecule has 114 valence electrons. The van der Waals surface area contributed by atoms with Crippen LogP contribution in [0.1, 0.15) is 22.7 Å². The van der Waals surface area contributed by atoms with Crippen molar-refractivity contribution in [2.24, 2.45) is 0 Å². The van der Waals surface area contributed by atoms with Gasteiger partial charge in [0.2, 0.25) is 5.88 Å². The molecule has 1 unspecified atom stereocenters. The number of hydrogen-bond acceptors (Lipinski definition) is 4. The molecule has 3 rings (SSSR count). The molecule has 0 saturated heterocycles. The lowest BCUT2D eigenvalue weighted by atomic mass is 9.91. The number of rotatable bonds is 3. The maximum absolute atomic E-state index is 12.4. The Morgan fingerprint density at radius 3 is 3.00 bits per heavy atom. The number of allylic oxidation sites excluding steroid dienone is 1. The van der Waals surface area contributed by atoms with E-state index in [1.807, 2.05) is 24.3 Å². The topological polar surface area (TPSA) is 70.0 Å². The van der Waals surface area contributed by atoms with Crippen molar-refractivity contribution >= 4 is 12.2 Å². The summed E-state index contributed by atoms with van der Waals surface area (Å²) in [6.45, 7) is 4.74. The monoisotopic (exact) mass is 315 g/mol. The summed E-state index contributed by atoms with van der Waals surface area (Å²) >= 11 is 5.11. The molecule has 2 heterocycles. The minimum absolute atomic E-state index is 0.108. The zero-order valence-electron chi connectivity index (χ0n) is 12.0. The van der Waals surface area contributed by atoms with E-state index in [0.29, 0.717) is 12.1 Å². The number of nitrogens with zero attached hydrogens (tertiary/aromatic N) is 1. The SMILES string of the molecule is C=CCn1c(O)c(C2NCCc3ccccc32)c(=O)[nH]c1=S. The highest BCUT2D eigenvalue weighted by atomic mass is 32.1. The predicted octanol–water partition coefficient (Wildman–Crippen LogP) is 2.03. The molecule has 1 aliphatic rings. The smallest absolute Gasteiger partial charge is 0.260 e. The molecule has 1 aromatic heterocycles. The van der Waals surface area contributed by atoms with E-state index in [-0.39, 0.29) is 22.3 Å². The van der Waals surface area contributed by atoms with Gasteiger partial charge in [-0.2, -0.15) is 0 Å². The van der Waals surface area contributed by atoms with Crippen LogP contribution in [-0.4, -0.2) is 21.2 Å². The van der Waals surface area contributed by atoms with E-state index >= 15 is 0 Å². The Hall–Kier alpha value is -2.18. The van der Waals surface area contributed by atoms with Gasteiger partial charge in [0, 0.05) is 13.1 Å². The molecule has 0 spiro atoms. The van der Waals surface area contributed by atoms with E-state index in [0.717, 1.165) is 18.5 Å². The molecule has 2 aromatic rings. The van der Waals surface area contributed by atoms with Crippen LogP contribution >= 0.6 is 12.2 Å². The van der Waals surface area contributed by atoms with Crippen molar-refractivity contribution in [2.45, 2.75) is 19.0 Å². The largest absolute Gasteiger partial charge is 0.494 e. The van der Waals surface area contributed by atoms with Gasteiger partial charge in [0.05, 0.1) is 11.6 Å². The molecule has 3 N–H and O–H groups in total. The Kier molecular flexibility index (Phi) is 3.96. The van der Waals surface area contributed by atoms with E-state index < -0.39 is 0 Å². The maximum Gasteiger partial charge on any atom is 0.260 e. The number of aromatic amines is 1. The molecule has 1 atom stereocenters. The van der Waals surface area contributed by atoms with Crippen molar-refractivity contribution < 1.29 is 5.11 Å². The van der Waals surface area contributed by atoms with Gasteiger partial charge in [-0.3, -0.25) is 14.3 Å². The summed E-state index contributed by atoms with van der Waals surface area (Å²) in [6.07, 6.45) is 2.52. The van der Waals surface area contributed by atoms with Crippen LogP contribution in [0.25, 0.3) is 0 Å². The molecule has 0 saturated carbocycles. The first-order valence-corrected chi connectivity index (χ1v) is 7.52. The zero-order valence-corrected chi connectivity index (χ0v) is 12.8. The first-order chi connectivity index (χ1) is 10.6. The first-order valence-electron chi connectivity index (χ1n) is 7.11. The Morgan fingerprint density at radius 2 is 2.23 bits per heavy atom. The number of hydrogen-bond donors (Lipinski definition) is 3. The molecular formula is C16H17N3O2S. The number of aromatic nitrogens is 2. The van der Waals surface area contributed by atoms with Crippen LogP contribution in [0.5, 0.6) is 5.88 Å². The van der Waals surface area contributed by atoms with Gasteiger partial charge in [-0.15, -0.1) is 6.58 Å². The summed E-state index contributed by atoms with van der Waals surface area (Å²) in [4.78, 5) is 15.0. The van der Waals surface area contributed by atoms with E-state index in [1.54, 1.807) is 6.08 Å². The van der Waals surface area contributed by atoms with Crippen molar-refractivity contribution in [3.8, 4) is 5.88 Å². The fraction of sp³-hybridized carbons (Fsp3) is 0.250. The molecule has 0 fully saturated rings. The van der Waals surface area contributed by atoms with Gasteiger partial charge in [0.15, 0.2) is 4.77 Å². The third-order valence-electron chi connectivity index (χ3n) is 3.92. The van der Waals surface area contributed by atoms with Crippen LogP contribution in [0.2, 0.25) is 0 Å². The summed E-state index contributed by atoms with van der Waals surface area (Å²) < 4.78 is 1.66. The highest BCUT2D eigenvalue weighted by molar-refractivity contribution is 7.71. The van der Waals surface area contributed by atoms with Gasteiger partial charge in [-0.1, -0.05) is 30.3 Å². The second kappa shape index (κ2) is 5.90. The number of benzene rings is 1. The second-order valence-corrected chi connectivity index (χ2v) is 5.62. The van der Waals surface area contributed by atoms with E-state index in [9.17, 15) is 9.90 Å². The Balaban J connectivity index is 2.22. The van der Waals surface area contributed by atoms with Crippen molar-refractivity contribution in [1.82, 2.24) is 14.9 Å². The molecule has 0 radical (unpaired) electrons. The molecule has 0 amide bonds. The highest BCUT2D eigenvalue weighted by Gasteiger charge is 2.27. The predicted molar refractivity (Wildman–Crippen MR) is 87.7 cm³/mol. The van der Waals surface area contributed by atoms with E-state index in [1.165, 1.54) is 10.1 Å². The van der Waals surface area contributed by atoms with Crippen LogP contribution in [0.4, 0.5) is 0 Å². The Morgan fingerprint density at radius 1 is 1.45 bits per heavy atom. The van der Waals surface area contributed by atoms with Crippen molar-refractivity contribution in [3.63, 3.8) is 0 Å². The first kappa shape index (κ1) is 14.7. The van der Waals surface area contributed by atoms with Crippen LogP contribution in [-0.2, 0) is 13.0 Å². The van der Waals surface area contributed by atoms with Gasteiger partial charge in [-0.25, -0.2) is 0 Å². The lowest BCUT2D eigenvalue weighted by Gasteiger charge is -2.27. The zero-order chi connectivity index (χ0) is 15.7. The Labute approximate surface area is 132 Å². The molecule has 1 aromatic carbocycles. The Bertz CT molecular complexity index is 838. The third kappa shape index (κ3) is 2.40. The van der Waals surface area contributed by atoms with Gasteiger partial charge < -0.3 is 10.4 Å². The average Bonchev–Trinajstić information content (AvgIpc) is 2.51. The number of aromatic hydroxyl groups is 1. The number of fused-ring (bicyclic) bond motifs is 1. The van der Waals surface area contributed by atoms with Crippen molar-refractivity contribution in [1.29, 1.82) is 0 Å². The number of nitrogens with one attached hydrogen (secondary N) is 2. The second-order valence-electron chi connectivity index (χ2n) is 5.23. The molecule has 22 heavy (non-hydrogen) atoms. The van der Waals surface area contributed by atoms with E-state index in [2.05, 4.69) is 16.9 Å². The van der Waals surface area contributed by atoms with Gasteiger partial charge in [-0.05, 0) is 29.8 Å². The minimum atomic E-state index is -0.364. The molecule has 0 bridgehead atoms. The molecule has 5 nitrogen and oxygen atoms in total. The summed E-state index contributed by atoms with van der Waals surface area (Å²) in [5.74, 6) is -0.108. The summed E-state index contributed by atoms with van der Waals surface area (Å²) in [5.41, 5.74) is 2.12. The van der Waals surface area contributed by atoms with E-state index in [4.69, 9.17) is 12.2 Å². The van der Waals surface area contributed by atoms with Gasteiger partial charge in [0.25, 0.3) is 5.56 Å². The summed E-state index contributed by atoms with van der Waals surface area (Å²) in [5, 5.41) is 13.9. The number of H-pyrrole nitrogens is 1. The van der Waals surface area contributed by atoms with Crippen molar-refractivity contribution in [2.75, 3.05) is 6.54 Å². The maximum atomic E-state index is 12.4. The van der Waals surface area contributed by atoms with Crippen LogP contribution in [0.3, 0.4) is 0 Å². The van der Waals surface area contributed by atoms with Crippen LogP contribution in [0, 0.1) is 4.77 Å². The van der Waals surface area contributed by atoms with Crippen molar-refractivity contribution in [3.05, 3.63) is 68.7 Å². The van der Waals surface area contributed by atoms with Crippen LogP contribution in [0.15, 0.2) is 41.7 Å². The lowest BCUT2D eigenvalue weighted by Crippen LogP contribution is -2.35. The molecule has 0 aliphatic carbocycles. The molecule has 1 aliphatic heterocycles. The highest BCUT2D eigenvalue weighted by Crippen LogP contribution is 2.31. The minimum Gasteiger partial charge on any atom is -0.494 e. The fourth-order valence-electron chi connectivity index (χ4n) is 2.90. The lowest BCUT2D eigenvalue weighted by molar-refractivity contribution is 0.395. The summed E-state index contributed by atoms with van der Waals surface area (Å²) in [6, 6.07) is 7.59. The quantitative estimate of drug-likeness (QED) is 0.599.